The van der Waals surface area contributed by atoms with Gasteiger partial charge in [-0.1, -0.05) is 18.2 Å². The largest absolute Gasteiger partial charge is 0.303 e. The van der Waals surface area contributed by atoms with Crippen molar-refractivity contribution in [1.29, 1.82) is 0 Å². The molecule has 2 heteroatoms. The van der Waals surface area contributed by atoms with Gasteiger partial charge in [0.2, 0.25) is 0 Å². The van der Waals surface area contributed by atoms with Gasteiger partial charge >= 0.3 is 0 Å². The third-order valence-electron chi connectivity index (χ3n) is 2.32. The van der Waals surface area contributed by atoms with Crippen LogP contribution in [0.4, 0.5) is 4.39 Å². The smallest absolute Gasteiger partial charge is 0.126 e. The molecule has 0 aliphatic heterocycles. The van der Waals surface area contributed by atoms with E-state index in [2.05, 4.69) is 0 Å². The van der Waals surface area contributed by atoms with Gasteiger partial charge in [-0.15, -0.1) is 0 Å². The average molecular weight is 164 g/mol. The first-order valence-electron chi connectivity index (χ1n) is 4.02. The molecule has 0 aromatic heterocycles. The first-order valence-corrected chi connectivity index (χ1v) is 4.02. The Morgan fingerprint density at radius 1 is 1.42 bits per heavy atom. The minimum absolute atomic E-state index is 0.0573. The molecular formula is C10H9FO. The summed E-state index contributed by atoms with van der Waals surface area (Å²) in [5.74, 6) is 0.0115. The van der Waals surface area contributed by atoms with Gasteiger partial charge in [0.05, 0.1) is 0 Å². The average Bonchev–Trinajstić information content (AvgIpc) is 2.84. The lowest BCUT2D eigenvalue weighted by Crippen LogP contribution is -1.88. The Kier molecular flexibility index (Phi) is 1.68. The van der Waals surface area contributed by atoms with Crippen LogP contribution in [0.3, 0.4) is 0 Å². The molecule has 2 atom stereocenters. The van der Waals surface area contributed by atoms with Crippen molar-refractivity contribution in [3.8, 4) is 0 Å². The molecule has 1 aliphatic carbocycles. The summed E-state index contributed by atoms with van der Waals surface area (Å²) in [5.41, 5.74) is 0.689. The van der Waals surface area contributed by atoms with Gasteiger partial charge in [0.1, 0.15) is 12.1 Å². The Labute approximate surface area is 70.2 Å². The van der Waals surface area contributed by atoms with Crippen LogP contribution in [0.1, 0.15) is 17.9 Å². The number of carbonyl (C=O) groups excluding carboxylic acids is 1. The molecule has 0 N–H and O–H groups in total. The fourth-order valence-electron chi connectivity index (χ4n) is 1.50. The summed E-state index contributed by atoms with van der Waals surface area (Å²) >= 11 is 0. The van der Waals surface area contributed by atoms with Crippen molar-refractivity contribution >= 4 is 6.29 Å². The second-order valence-corrected chi connectivity index (χ2v) is 3.16. The molecule has 12 heavy (non-hydrogen) atoms. The molecule has 1 nitrogen and oxygen atoms in total. The highest BCUT2D eigenvalue weighted by molar-refractivity contribution is 5.61. The molecule has 2 rings (SSSR count). The van der Waals surface area contributed by atoms with E-state index in [1.165, 1.54) is 6.07 Å². The van der Waals surface area contributed by atoms with Crippen LogP contribution in [0.15, 0.2) is 24.3 Å². The zero-order valence-corrected chi connectivity index (χ0v) is 6.53. The molecule has 62 valence electrons. The zero-order valence-electron chi connectivity index (χ0n) is 6.53. The van der Waals surface area contributed by atoms with E-state index in [1.54, 1.807) is 18.2 Å². The van der Waals surface area contributed by atoms with E-state index < -0.39 is 0 Å². The van der Waals surface area contributed by atoms with E-state index >= 15 is 0 Å². The molecular weight excluding hydrogens is 155 g/mol. The second-order valence-electron chi connectivity index (χ2n) is 3.16. The lowest BCUT2D eigenvalue weighted by Gasteiger charge is -1.98. The molecule has 1 aromatic carbocycles. The number of carbonyl (C=O) groups is 1. The van der Waals surface area contributed by atoms with E-state index in [0.717, 1.165) is 12.7 Å². The molecule has 0 amide bonds. The fraction of sp³-hybridized carbons (Fsp3) is 0.300. The summed E-state index contributed by atoms with van der Waals surface area (Å²) in [4.78, 5) is 10.3. The van der Waals surface area contributed by atoms with Crippen molar-refractivity contribution in [2.75, 3.05) is 0 Å². The predicted octanol–water partition coefficient (Wildman–Crippen LogP) is 2.13. The van der Waals surface area contributed by atoms with Gasteiger partial charge in [0.15, 0.2) is 0 Å². The topological polar surface area (TPSA) is 17.1 Å². The third kappa shape index (κ3) is 1.13. The first-order chi connectivity index (χ1) is 5.83. The Bertz CT molecular complexity index is 308. The van der Waals surface area contributed by atoms with Crippen LogP contribution in [-0.4, -0.2) is 6.29 Å². The fourth-order valence-corrected chi connectivity index (χ4v) is 1.50. The summed E-state index contributed by atoms with van der Waals surface area (Å²) in [7, 11) is 0. The van der Waals surface area contributed by atoms with E-state index in [-0.39, 0.29) is 17.7 Å². The van der Waals surface area contributed by atoms with Gasteiger partial charge in [-0.2, -0.15) is 0 Å². The molecule has 1 aliphatic rings. The van der Waals surface area contributed by atoms with Crippen molar-refractivity contribution in [2.45, 2.75) is 12.3 Å². The van der Waals surface area contributed by atoms with Crippen molar-refractivity contribution in [1.82, 2.24) is 0 Å². The summed E-state index contributed by atoms with van der Waals surface area (Å²) in [6.45, 7) is 0. The van der Waals surface area contributed by atoms with E-state index in [0.29, 0.717) is 5.56 Å². The molecule has 0 heterocycles. The number of halogens is 1. The minimum atomic E-state index is -0.188. The maximum Gasteiger partial charge on any atom is 0.126 e. The van der Waals surface area contributed by atoms with Gasteiger partial charge in [-0.05, 0) is 24.0 Å². The first kappa shape index (κ1) is 7.47. The molecule has 0 spiro atoms. The Morgan fingerprint density at radius 2 is 2.17 bits per heavy atom. The number of benzene rings is 1. The highest BCUT2D eigenvalue weighted by Crippen LogP contribution is 2.46. The number of hydrogen-bond donors (Lipinski definition) is 0. The molecule has 1 aromatic rings. The monoisotopic (exact) mass is 164 g/mol. The Morgan fingerprint density at radius 3 is 2.75 bits per heavy atom. The summed E-state index contributed by atoms with van der Waals surface area (Å²) in [6, 6.07) is 6.66. The highest BCUT2D eigenvalue weighted by atomic mass is 19.1. The highest BCUT2D eigenvalue weighted by Gasteiger charge is 2.39. The molecule has 1 fully saturated rings. The van der Waals surface area contributed by atoms with Crippen LogP contribution in [0.5, 0.6) is 0 Å². The van der Waals surface area contributed by atoms with Crippen LogP contribution < -0.4 is 0 Å². The van der Waals surface area contributed by atoms with Gasteiger partial charge in [-0.25, -0.2) is 4.39 Å². The van der Waals surface area contributed by atoms with Crippen molar-refractivity contribution in [2.24, 2.45) is 5.92 Å². The van der Waals surface area contributed by atoms with Crippen LogP contribution in [0, 0.1) is 11.7 Å². The van der Waals surface area contributed by atoms with Crippen LogP contribution >= 0.6 is 0 Å². The maximum atomic E-state index is 13.1. The second kappa shape index (κ2) is 2.70. The normalized spacial score (nSPS) is 26.8. The van der Waals surface area contributed by atoms with Gasteiger partial charge in [0, 0.05) is 5.92 Å². The van der Waals surface area contributed by atoms with Gasteiger partial charge in [0.25, 0.3) is 0 Å². The molecule has 0 bridgehead atoms. The van der Waals surface area contributed by atoms with Crippen LogP contribution in [0.25, 0.3) is 0 Å². The lowest BCUT2D eigenvalue weighted by atomic mass is 10.1. The molecule has 0 unspecified atom stereocenters. The number of aldehydes is 1. The van der Waals surface area contributed by atoms with Crippen LogP contribution in [-0.2, 0) is 4.79 Å². The van der Waals surface area contributed by atoms with E-state index in [9.17, 15) is 9.18 Å². The summed E-state index contributed by atoms with van der Waals surface area (Å²) < 4.78 is 13.1. The van der Waals surface area contributed by atoms with E-state index in [1.807, 2.05) is 0 Å². The number of rotatable bonds is 2. The lowest BCUT2D eigenvalue weighted by molar-refractivity contribution is -0.108. The Balaban J connectivity index is 2.25. The van der Waals surface area contributed by atoms with Crippen molar-refractivity contribution in [3.63, 3.8) is 0 Å². The quantitative estimate of drug-likeness (QED) is 0.612. The van der Waals surface area contributed by atoms with Crippen molar-refractivity contribution in [3.05, 3.63) is 35.6 Å². The zero-order chi connectivity index (χ0) is 8.55. The summed E-state index contributed by atoms with van der Waals surface area (Å²) in [6.07, 6.45) is 1.72. The van der Waals surface area contributed by atoms with Crippen LogP contribution in [0.2, 0.25) is 0 Å². The van der Waals surface area contributed by atoms with E-state index in [4.69, 9.17) is 0 Å². The Hall–Kier alpha value is -1.18. The minimum Gasteiger partial charge on any atom is -0.303 e. The standard InChI is InChI=1S/C10H9FO/c11-10-4-2-1-3-8(10)9-5-7(9)6-12/h1-4,6-7,9H,5H2/t7-,9-/m1/s1. The SMILES string of the molecule is O=C[C@H]1C[C@H]1c1ccccc1F. The predicted molar refractivity (Wildman–Crippen MR) is 43.3 cm³/mol. The van der Waals surface area contributed by atoms with Gasteiger partial charge < -0.3 is 4.79 Å². The molecule has 1 saturated carbocycles. The van der Waals surface area contributed by atoms with Gasteiger partial charge in [-0.3, -0.25) is 0 Å². The third-order valence-corrected chi connectivity index (χ3v) is 2.32. The summed E-state index contributed by atoms with van der Waals surface area (Å²) in [5, 5.41) is 0. The van der Waals surface area contributed by atoms with Crippen molar-refractivity contribution < 1.29 is 9.18 Å². The maximum absolute atomic E-state index is 13.1. The molecule has 0 saturated heterocycles. The number of hydrogen-bond acceptors (Lipinski definition) is 1. The molecule has 0 radical (unpaired) electrons.